The number of nitrogens with one attached hydrogen (secondary N) is 1. The highest BCUT2D eigenvalue weighted by atomic mass is 16.5. The molecule has 0 aromatic heterocycles. The SMILES string of the molecule is NC(=O)CC(NCCC1CCCO1)C(N)=O. The maximum absolute atomic E-state index is 11.0. The minimum Gasteiger partial charge on any atom is -0.378 e. The van der Waals surface area contributed by atoms with E-state index in [1.165, 1.54) is 0 Å². The molecule has 1 heterocycles. The predicted molar refractivity (Wildman–Crippen MR) is 58.4 cm³/mol. The number of carbonyl (C=O) groups is 2. The smallest absolute Gasteiger partial charge is 0.235 e. The summed E-state index contributed by atoms with van der Waals surface area (Å²) in [7, 11) is 0. The molecule has 0 aliphatic carbocycles. The summed E-state index contributed by atoms with van der Waals surface area (Å²) in [5.74, 6) is -1.08. The second-order valence-electron chi connectivity index (χ2n) is 4.00. The van der Waals surface area contributed by atoms with Crippen LogP contribution in [-0.4, -0.2) is 37.1 Å². The first-order valence-corrected chi connectivity index (χ1v) is 5.52. The summed E-state index contributed by atoms with van der Waals surface area (Å²) < 4.78 is 5.43. The molecule has 6 nitrogen and oxygen atoms in total. The largest absolute Gasteiger partial charge is 0.378 e. The van der Waals surface area contributed by atoms with Gasteiger partial charge in [0.25, 0.3) is 0 Å². The van der Waals surface area contributed by atoms with Crippen molar-refractivity contribution in [3.8, 4) is 0 Å². The number of hydrogen-bond donors (Lipinski definition) is 3. The first-order valence-electron chi connectivity index (χ1n) is 5.52. The Labute approximate surface area is 94.7 Å². The predicted octanol–water partition coefficient (Wildman–Crippen LogP) is -1.13. The van der Waals surface area contributed by atoms with Crippen LogP contribution in [0.1, 0.15) is 25.7 Å². The van der Waals surface area contributed by atoms with Crippen LogP contribution in [0.25, 0.3) is 0 Å². The minimum absolute atomic E-state index is 0.0547. The monoisotopic (exact) mass is 229 g/mol. The first kappa shape index (κ1) is 12.9. The molecule has 2 amide bonds. The van der Waals surface area contributed by atoms with E-state index in [0.29, 0.717) is 6.54 Å². The average Bonchev–Trinajstić information content (AvgIpc) is 2.68. The zero-order valence-electron chi connectivity index (χ0n) is 9.28. The van der Waals surface area contributed by atoms with Gasteiger partial charge in [-0.1, -0.05) is 0 Å². The molecular weight excluding hydrogens is 210 g/mol. The van der Waals surface area contributed by atoms with Gasteiger partial charge >= 0.3 is 0 Å². The van der Waals surface area contributed by atoms with Crippen LogP contribution >= 0.6 is 0 Å². The van der Waals surface area contributed by atoms with Crippen molar-refractivity contribution in [1.82, 2.24) is 5.32 Å². The van der Waals surface area contributed by atoms with Crippen molar-refractivity contribution in [2.24, 2.45) is 11.5 Å². The Kier molecular flexibility index (Phi) is 5.21. The van der Waals surface area contributed by atoms with Crippen molar-refractivity contribution in [2.75, 3.05) is 13.2 Å². The summed E-state index contributed by atoms with van der Waals surface area (Å²) in [6.45, 7) is 1.41. The van der Waals surface area contributed by atoms with Crippen LogP contribution in [0.4, 0.5) is 0 Å². The van der Waals surface area contributed by atoms with Gasteiger partial charge in [0.05, 0.1) is 18.6 Å². The maximum atomic E-state index is 11.0. The number of primary amides is 2. The Bertz CT molecular complexity index is 252. The lowest BCUT2D eigenvalue weighted by molar-refractivity contribution is -0.125. The zero-order valence-corrected chi connectivity index (χ0v) is 9.28. The highest BCUT2D eigenvalue weighted by Gasteiger charge is 2.19. The van der Waals surface area contributed by atoms with Gasteiger partial charge in [-0.3, -0.25) is 9.59 Å². The average molecular weight is 229 g/mol. The molecular formula is C10H19N3O3. The van der Waals surface area contributed by atoms with Gasteiger partial charge < -0.3 is 21.5 Å². The molecule has 6 heteroatoms. The van der Waals surface area contributed by atoms with Crippen molar-refractivity contribution in [3.05, 3.63) is 0 Å². The first-order chi connectivity index (χ1) is 7.59. The van der Waals surface area contributed by atoms with Crippen LogP contribution in [0.15, 0.2) is 0 Å². The van der Waals surface area contributed by atoms with Gasteiger partial charge in [-0.25, -0.2) is 0 Å². The third-order valence-corrected chi connectivity index (χ3v) is 2.63. The lowest BCUT2D eigenvalue weighted by Crippen LogP contribution is -2.44. The number of hydrogen-bond acceptors (Lipinski definition) is 4. The highest BCUT2D eigenvalue weighted by molar-refractivity contribution is 5.86. The normalized spacial score (nSPS) is 21.9. The van der Waals surface area contributed by atoms with Crippen LogP contribution in [-0.2, 0) is 14.3 Å². The van der Waals surface area contributed by atoms with Crippen molar-refractivity contribution in [2.45, 2.75) is 37.8 Å². The summed E-state index contributed by atoms with van der Waals surface area (Å²) in [6, 6.07) is -0.668. The van der Waals surface area contributed by atoms with Crippen LogP contribution < -0.4 is 16.8 Å². The molecule has 0 radical (unpaired) electrons. The van der Waals surface area contributed by atoms with E-state index in [0.717, 1.165) is 25.9 Å². The molecule has 0 bridgehead atoms. The number of carbonyl (C=O) groups excluding carboxylic acids is 2. The summed E-state index contributed by atoms with van der Waals surface area (Å²) >= 11 is 0. The second kappa shape index (κ2) is 6.44. The van der Waals surface area contributed by atoms with E-state index in [2.05, 4.69) is 5.32 Å². The highest BCUT2D eigenvalue weighted by Crippen LogP contribution is 2.14. The molecule has 0 aromatic carbocycles. The van der Waals surface area contributed by atoms with Crippen LogP contribution in [0, 0.1) is 0 Å². The van der Waals surface area contributed by atoms with Gasteiger partial charge in [-0.2, -0.15) is 0 Å². The fourth-order valence-corrected chi connectivity index (χ4v) is 1.77. The summed E-state index contributed by atoms with van der Waals surface area (Å²) in [6.07, 6.45) is 3.17. The maximum Gasteiger partial charge on any atom is 0.235 e. The Balaban J connectivity index is 2.21. The standard InChI is InChI=1S/C10H19N3O3/c11-9(14)6-8(10(12)15)13-4-3-7-2-1-5-16-7/h7-8,13H,1-6H2,(H2,11,14)(H2,12,15). The molecule has 1 aliphatic rings. The molecule has 2 atom stereocenters. The summed E-state index contributed by atoms with van der Waals surface area (Å²) in [5, 5.41) is 2.92. The molecule has 1 aliphatic heterocycles. The molecule has 16 heavy (non-hydrogen) atoms. The van der Waals surface area contributed by atoms with E-state index in [1.807, 2.05) is 0 Å². The molecule has 5 N–H and O–H groups in total. The Hall–Kier alpha value is -1.14. The van der Waals surface area contributed by atoms with E-state index in [4.69, 9.17) is 16.2 Å². The van der Waals surface area contributed by atoms with Crippen molar-refractivity contribution in [3.63, 3.8) is 0 Å². The molecule has 1 fully saturated rings. The van der Waals surface area contributed by atoms with Gasteiger partial charge in [0.1, 0.15) is 0 Å². The number of nitrogens with two attached hydrogens (primary N) is 2. The molecule has 92 valence electrons. The van der Waals surface area contributed by atoms with Crippen molar-refractivity contribution in [1.29, 1.82) is 0 Å². The van der Waals surface area contributed by atoms with E-state index in [-0.39, 0.29) is 12.5 Å². The number of rotatable bonds is 7. The molecule has 1 rings (SSSR count). The van der Waals surface area contributed by atoms with Gasteiger partial charge in [-0.15, -0.1) is 0 Å². The van der Waals surface area contributed by atoms with Crippen molar-refractivity contribution >= 4 is 11.8 Å². The van der Waals surface area contributed by atoms with E-state index < -0.39 is 17.9 Å². The quantitative estimate of drug-likeness (QED) is 0.513. The van der Waals surface area contributed by atoms with Gasteiger partial charge in [0, 0.05) is 6.61 Å². The molecule has 2 unspecified atom stereocenters. The fourth-order valence-electron chi connectivity index (χ4n) is 1.77. The van der Waals surface area contributed by atoms with Gasteiger partial charge in [0.15, 0.2) is 0 Å². The van der Waals surface area contributed by atoms with Crippen LogP contribution in [0.5, 0.6) is 0 Å². The summed E-state index contributed by atoms with van der Waals surface area (Å²) in [5.41, 5.74) is 10.2. The lowest BCUT2D eigenvalue weighted by atomic mass is 10.1. The van der Waals surface area contributed by atoms with E-state index >= 15 is 0 Å². The molecule has 0 saturated carbocycles. The zero-order chi connectivity index (χ0) is 12.0. The number of ether oxygens (including phenoxy) is 1. The minimum atomic E-state index is -0.668. The fraction of sp³-hybridized carbons (Fsp3) is 0.800. The lowest BCUT2D eigenvalue weighted by Gasteiger charge is -2.15. The second-order valence-corrected chi connectivity index (χ2v) is 4.00. The van der Waals surface area contributed by atoms with Crippen LogP contribution in [0.3, 0.4) is 0 Å². The van der Waals surface area contributed by atoms with Gasteiger partial charge in [0.2, 0.25) is 11.8 Å². The molecule has 1 saturated heterocycles. The third-order valence-electron chi connectivity index (χ3n) is 2.63. The Morgan fingerprint density at radius 3 is 2.69 bits per heavy atom. The third kappa shape index (κ3) is 4.59. The summed E-state index contributed by atoms with van der Waals surface area (Å²) in [4.78, 5) is 21.7. The Morgan fingerprint density at radius 2 is 2.19 bits per heavy atom. The molecule has 0 spiro atoms. The Morgan fingerprint density at radius 1 is 1.44 bits per heavy atom. The van der Waals surface area contributed by atoms with Crippen molar-refractivity contribution < 1.29 is 14.3 Å². The van der Waals surface area contributed by atoms with Gasteiger partial charge in [-0.05, 0) is 25.8 Å². The number of amides is 2. The topological polar surface area (TPSA) is 107 Å². The van der Waals surface area contributed by atoms with E-state index in [1.54, 1.807) is 0 Å². The van der Waals surface area contributed by atoms with E-state index in [9.17, 15) is 9.59 Å². The van der Waals surface area contributed by atoms with Crippen LogP contribution in [0.2, 0.25) is 0 Å². The molecule has 0 aromatic rings.